The Morgan fingerprint density at radius 3 is 2.21 bits per heavy atom. The van der Waals surface area contributed by atoms with Crippen LogP contribution < -0.4 is 9.62 Å². The average Bonchev–Trinajstić information content (AvgIpc) is 2.85. The molecule has 0 saturated carbocycles. The predicted octanol–water partition coefficient (Wildman–Crippen LogP) is 5.22. The fourth-order valence-corrected chi connectivity index (χ4v) is 4.91. The first kappa shape index (κ1) is 23.1. The lowest BCUT2D eigenvalue weighted by atomic mass is 10.0. The SMILES string of the molecule is Cc1ccc(S(=O)Nc2ccc(C(C)C)cc2)cc1C(=O)N1CCN(c2ccccc2)CC1. The molecule has 1 atom stereocenters. The van der Waals surface area contributed by atoms with Crippen molar-refractivity contribution < 1.29 is 9.00 Å². The van der Waals surface area contributed by atoms with E-state index in [0.29, 0.717) is 29.5 Å². The summed E-state index contributed by atoms with van der Waals surface area (Å²) in [6.45, 7) is 9.16. The van der Waals surface area contributed by atoms with Crippen LogP contribution in [-0.2, 0) is 11.0 Å². The Balaban J connectivity index is 1.43. The highest BCUT2D eigenvalue weighted by atomic mass is 32.2. The Hall–Kier alpha value is -3.12. The third-order valence-corrected chi connectivity index (χ3v) is 7.23. The molecule has 33 heavy (non-hydrogen) atoms. The number of carbonyl (C=O) groups excluding carboxylic acids is 1. The first-order chi connectivity index (χ1) is 15.9. The van der Waals surface area contributed by atoms with E-state index in [2.05, 4.69) is 35.6 Å². The normalized spacial score (nSPS) is 14.9. The highest BCUT2D eigenvalue weighted by Crippen LogP contribution is 2.22. The molecule has 0 radical (unpaired) electrons. The van der Waals surface area contributed by atoms with E-state index < -0.39 is 11.0 Å². The van der Waals surface area contributed by atoms with Gasteiger partial charge in [-0.15, -0.1) is 0 Å². The van der Waals surface area contributed by atoms with Crippen molar-refractivity contribution in [3.8, 4) is 0 Å². The molecule has 1 saturated heterocycles. The van der Waals surface area contributed by atoms with Crippen LogP contribution in [-0.4, -0.2) is 41.2 Å². The van der Waals surface area contributed by atoms with Gasteiger partial charge in [-0.2, -0.15) is 0 Å². The molecule has 0 spiro atoms. The Kier molecular flexibility index (Phi) is 7.14. The Bertz CT molecular complexity index is 1120. The maximum atomic E-state index is 13.3. The molecular weight excluding hydrogens is 430 g/mol. The molecule has 1 aliphatic rings. The molecule has 0 aromatic heterocycles. The van der Waals surface area contributed by atoms with Crippen molar-refractivity contribution in [3.05, 3.63) is 89.5 Å². The molecule has 3 aromatic rings. The number of amides is 1. The quantitative estimate of drug-likeness (QED) is 0.548. The van der Waals surface area contributed by atoms with E-state index in [9.17, 15) is 9.00 Å². The number of nitrogens with one attached hydrogen (secondary N) is 1. The summed E-state index contributed by atoms with van der Waals surface area (Å²) in [5, 5.41) is 0. The number of carbonyl (C=O) groups is 1. The second-order valence-electron chi connectivity index (χ2n) is 8.74. The summed E-state index contributed by atoms with van der Waals surface area (Å²) < 4.78 is 16.0. The summed E-state index contributed by atoms with van der Waals surface area (Å²) in [5.41, 5.74) is 4.73. The van der Waals surface area contributed by atoms with E-state index in [1.807, 2.05) is 66.4 Å². The van der Waals surface area contributed by atoms with Crippen molar-refractivity contribution in [1.82, 2.24) is 4.90 Å². The standard InChI is InChI=1S/C27H31N3O2S/c1-20(2)22-10-12-23(13-11-22)28-33(32)25-14-9-21(3)26(19-25)27(31)30-17-15-29(16-18-30)24-7-5-4-6-8-24/h4-14,19-20,28H,15-18H2,1-3H3. The summed E-state index contributed by atoms with van der Waals surface area (Å²) in [6, 6.07) is 23.7. The summed E-state index contributed by atoms with van der Waals surface area (Å²) >= 11 is 0. The van der Waals surface area contributed by atoms with E-state index in [-0.39, 0.29) is 5.91 Å². The number of piperazine rings is 1. The number of anilines is 2. The van der Waals surface area contributed by atoms with Crippen molar-refractivity contribution in [1.29, 1.82) is 0 Å². The molecule has 0 aliphatic carbocycles. The number of hydrogen-bond donors (Lipinski definition) is 1. The fraction of sp³-hybridized carbons (Fsp3) is 0.296. The van der Waals surface area contributed by atoms with Crippen molar-refractivity contribution >= 4 is 28.3 Å². The van der Waals surface area contributed by atoms with Gasteiger partial charge in [0.05, 0.1) is 4.90 Å². The molecule has 172 valence electrons. The highest BCUT2D eigenvalue weighted by Gasteiger charge is 2.24. The maximum Gasteiger partial charge on any atom is 0.254 e. The minimum absolute atomic E-state index is 0.000322. The minimum Gasteiger partial charge on any atom is -0.368 e. The lowest BCUT2D eigenvalue weighted by Gasteiger charge is -2.36. The first-order valence-corrected chi connectivity index (χ1v) is 12.6. The maximum absolute atomic E-state index is 13.3. The molecule has 3 aromatic carbocycles. The average molecular weight is 462 g/mol. The predicted molar refractivity (Wildman–Crippen MR) is 136 cm³/mol. The molecule has 1 fully saturated rings. The summed E-state index contributed by atoms with van der Waals surface area (Å²) in [4.78, 5) is 18.1. The number of nitrogens with zero attached hydrogens (tertiary/aromatic N) is 2. The van der Waals surface area contributed by atoms with Gasteiger partial charge < -0.3 is 14.5 Å². The van der Waals surface area contributed by atoms with E-state index >= 15 is 0 Å². The number of benzene rings is 3. The molecule has 1 unspecified atom stereocenters. The highest BCUT2D eigenvalue weighted by molar-refractivity contribution is 7.86. The van der Waals surface area contributed by atoms with Crippen molar-refractivity contribution in [3.63, 3.8) is 0 Å². The molecule has 1 N–H and O–H groups in total. The Morgan fingerprint density at radius 1 is 0.909 bits per heavy atom. The van der Waals surface area contributed by atoms with Gasteiger partial charge in [-0.25, -0.2) is 4.21 Å². The summed E-state index contributed by atoms with van der Waals surface area (Å²) in [6.07, 6.45) is 0. The minimum atomic E-state index is -1.45. The lowest BCUT2D eigenvalue weighted by Crippen LogP contribution is -2.49. The van der Waals surface area contributed by atoms with Crippen LogP contribution in [0.15, 0.2) is 77.7 Å². The van der Waals surface area contributed by atoms with Crippen molar-refractivity contribution in [2.24, 2.45) is 0 Å². The van der Waals surface area contributed by atoms with Crippen molar-refractivity contribution in [2.45, 2.75) is 31.6 Å². The first-order valence-electron chi connectivity index (χ1n) is 11.4. The van der Waals surface area contributed by atoms with Crippen LogP contribution in [0.5, 0.6) is 0 Å². The smallest absolute Gasteiger partial charge is 0.254 e. The van der Waals surface area contributed by atoms with Crippen LogP contribution in [0.4, 0.5) is 11.4 Å². The van der Waals surface area contributed by atoms with Crippen molar-refractivity contribution in [2.75, 3.05) is 35.8 Å². The van der Waals surface area contributed by atoms with E-state index in [1.165, 1.54) is 11.3 Å². The Morgan fingerprint density at radius 2 is 1.58 bits per heavy atom. The van der Waals surface area contributed by atoms with E-state index in [4.69, 9.17) is 0 Å². The largest absolute Gasteiger partial charge is 0.368 e. The number of rotatable bonds is 6. The van der Waals surface area contributed by atoms with Gasteiger partial charge in [-0.3, -0.25) is 4.79 Å². The zero-order chi connectivity index (χ0) is 23.4. The molecule has 1 heterocycles. The Labute approximate surface area is 199 Å². The number of aryl methyl sites for hydroxylation is 1. The van der Waals surface area contributed by atoms with Gasteiger partial charge in [0.2, 0.25) is 0 Å². The van der Waals surface area contributed by atoms with Crippen LogP contribution in [0.3, 0.4) is 0 Å². The van der Waals surface area contributed by atoms with E-state index in [0.717, 1.165) is 24.3 Å². The van der Waals surface area contributed by atoms with Crippen LogP contribution in [0, 0.1) is 6.92 Å². The molecule has 5 nitrogen and oxygen atoms in total. The second kappa shape index (κ2) is 10.2. The molecule has 1 aliphatic heterocycles. The molecule has 1 amide bonds. The van der Waals surface area contributed by atoms with Crippen LogP contribution >= 0.6 is 0 Å². The van der Waals surface area contributed by atoms with Gasteiger partial charge in [0.1, 0.15) is 11.0 Å². The van der Waals surface area contributed by atoms with Crippen LogP contribution in [0.1, 0.15) is 41.3 Å². The van der Waals surface area contributed by atoms with Crippen LogP contribution in [0.25, 0.3) is 0 Å². The van der Waals surface area contributed by atoms with E-state index in [1.54, 1.807) is 6.07 Å². The number of hydrogen-bond acceptors (Lipinski definition) is 3. The van der Waals surface area contributed by atoms with Gasteiger partial charge in [0.15, 0.2) is 0 Å². The fourth-order valence-electron chi connectivity index (χ4n) is 4.03. The summed E-state index contributed by atoms with van der Waals surface area (Å²) in [5.74, 6) is 0.449. The topological polar surface area (TPSA) is 52.7 Å². The third kappa shape index (κ3) is 5.45. The van der Waals surface area contributed by atoms with Gasteiger partial charge >= 0.3 is 0 Å². The summed E-state index contributed by atoms with van der Waals surface area (Å²) in [7, 11) is -1.45. The zero-order valence-electron chi connectivity index (χ0n) is 19.5. The van der Waals surface area contributed by atoms with Gasteiger partial charge in [0, 0.05) is 43.1 Å². The van der Waals surface area contributed by atoms with Gasteiger partial charge in [-0.1, -0.05) is 50.2 Å². The number of para-hydroxylation sites is 1. The third-order valence-electron chi connectivity index (χ3n) is 6.13. The molecular formula is C27H31N3O2S. The van der Waals surface area contributed by atoms with Gasteiger partial charge in [-0.05, 0) is 60.4 Å². The molecule has 4 rings (SSSR count). The van der Waals surface area contributed by atoms with Gasteiger partial charge in [0.25, 0.3) is 5.91 Å². The lowest BCUT2D eigenvalue weighted by molar-refractivity contribution is 0.0746. The second-order valence-corrected chi connectivity index (χ2v) is 9.95. The molecule has 0 bridgehead atoms. The monoisotopic (exact) mass is 461 g/mol. The molecule has 6 heteroatoms. The van der Waals surface area contributed by atoms with Crippen LogP contribution in [0.2, 0.25) is 0 Å². The zero-order valence-corrected chi connectivity index (χ0v) is 20.3.